The van der Waals surface area contributed by atoms with E-state index in [1.807, 2.05) is 0 Å². The number of aromatic nitrogens is 2. The molecule has 2 aromatic rings. The summed E-state index contributed by atoms with van der Waals surface area (Å²) in [6.45, 7) is 4.66. The number of rotatable bonds is 2. The minimum Gasteiger partial charge on any atom is -0.362 e. The van der Waals surface area contributed by atoms with Gasteiger partial charge < -0.3 is 14.2 Å². The van der Waals surface area contributed by atoms with Crippen molar-refractivity contribution in [3.8, 4) is 0 Å². The molecule has 1 unspecified atom stereocenters. The van der Waals surface area contributed by atoms with Gasteiger partial charge >= 0.3 is 0 Å². The number of hydrogen-bond donors (Lipinski definition) is 0. The summed E-state index contributed by atoms with van der Waals surface area (Å²) in [6.07, 6.45) is 3.03. The zero-order valence-electron chi connectivity index (χ0n) is 15.0. The molecule has 1 aromatic heterocycles. The van der Waals surface area contributed by atoms with Crippen LogP contribution in [0.4, 0.5) is 4.39 Å². The van der Waals surface area contributed by atoms with Gasteiger partial charge in [0, 0.05) is 13.1 Å². The largest absolute Gasteiger partial charge is 0.362 e. The molecule has 0 bridgehead atoms. The molecule has 2 aliphatic heterocycles. The average molecular weight is 359 g/mol. The molecule has 2 fully saturated rings. The number of carbonyl (C=O) groups is 1. The zero-order valence-corrected chi connectivity index (χ0v) is 15.0. The van der Waals surface area contributed by atoms with Crippen LogP contribution < -0.4 is 0 Å². The summed E-state index contributed by atoms with van der Waals surface area (Å²) >= 11 is 0. The zero-order chi connectivity index (χ0) is 18.3. The number of carbonyl (C=O) groups excluding carboxylic acids is 1. The van der Waals surface area contributed by atoms with E-state index in [2.05, 4.69) is 10.1 Å². The van der Waals surface area contributed by atoms with E-state index in [0.717, 1.165) is 25.7 Å². The van der Waals surface area contributed by atoms with Crippen LogP contribution >= 0.6 is 0 Å². The number of aryl methyl sites for hydroxylation is 2. The number of likely N-dealkylation sites (tertiary alicyclic amines) is 1. The maximum absolute atomic E-state index is 14.1. The topological polar surface area (TPSA) is 68.5 Å². The lowest BCUT2D eigenvalue weighted by Crippen LogP contribution is -2.46. The molecule has 6 nitrogen and oxygen atoms in total. The predicted octanol–water partition coefficient (Wildman–Crippen LogP) is 3.35. The molecule has 0 N–H and O–H groups in total. The lowest BCUT2D eigenvalue weighted by Gasteiger charge is -2.39. The van der Waals surface area contributed by atoms with Crippen LogP contribution in [0.15, 0.2) is 22.7 Å². The molecule has 1 atom stereocenters. The van der Waals surface area contributed by atoms with Crippen LogP contribution in [0.25, 0.3) is 0 Å². The maximum atomic E-state index is 14.1. The van der Waals surface area contributed by atoms with Crippen molar-refractivity contribution in [3.63, 3.8) is 0 Å². The third-order valence-electron chi connectivity index (χ3n) is 5.47. The van der Waals surface area contributed by atoms with Crippen molar-refractivity contribution in [3.05, 3.63) is 46.9 Å². The quantitative estimate of drug-likeness (QED) is 0.822. The Morgan fingerprint density at radius 1 is 1.27 bits per heavy atom. The van der Waals surface area contributed by atoms with E-state index >= 15 is 0 Å². The molecule has 4 rings (SSSR count). The van der Waals surface area contributed by atoms with Gasteiger partial charge in [0.05, 0.1) is 11.2 Å². The van der Waals surface area contributed by atoms with Gasteiger partial charge in [-0.15, -0.1) is 0 Å². The fourth-order valence-electron chi connectivity index (χ4n) is 3.98. The SMILES string of the molecule is Cc1noc(C2CCC3(CCN(C(=O)c4c(C)cccc4F)CC3)O2)n1. The van der Waals surface area contributed by atoms with E-state index in [1.54, 1.807) is 30.9 Å². The molecule has 138 valence electrons. The van der Waals surface area contributed by atoms with Crippen LogP contribution in [0.1, 0.15) is 59.4 Å². The molecule has 0 aliphatic carbocycles. The summed E-state index contributed by atoms with van der Waals surface area (Å²) in [5.41, 5.74) is 0.586. The van der Waals surface area contributed by atoms with Crippen LogP contribution in [-0.2, 0) is 4.74 Å². The third kappa shape index (κ3) is 3.00. The molecule has 2 aliphatic rings. The van der Waals surface area contributed by atoms with Gasteiger partial charge in [0.2, 0.25) is 0 Å². The second-order valence-corrected chi connectivity index (χ2v) is 7.23. The van der Waals surface area contributed by atoms with Crippen LogP contribution in [0.3, 0.4) is 0 Å². The standard InChI is InChI=1S/C19H22FN3O3/c1-12-4-3-5-14(20)16(12)18(24)23-10-8-19(9-11-23)7-6-15(25-19)17-21-13(2)22-26-17/h3-5,15H,6-11H2,1-2H3. The van der Waals surface area contributed by atoms with Crippen LogP contribution in [-0.4, -0.2) is 39.6 Å². The van der Waals surface area contributed by atoms with Gasteiger partial charge in [-0.3, -0.25) is 4.79 Å². The van der Waals surface area contributed by atoms with Gasteiger partial charge in [-0.1, -0.05) is 17.3 Å². The number of ether oxygens (including phenoxy) is 1. The van der Waals surface area contributed by atoms with Crippen molar-refractivity contribution in [1.29, 1.82) is 0 Å². The lowest BCUT2D eigenvalue weighted by atomic mass is 9.88. The van der Waals surface area contributed by atoms with Gasteiger partial charge in [-0.2, -0.15) is 4.98 Å². The Balaban J connectivity index is 1.42. The highest BCUT2D eigenvalue weighted by atomic mass is 19.1. The van der Waals surface area contributed by atoms with Crippen LogP contribution in [0.2, 0.25) is 0 Å². The first kappa shape index (κ1) is 17.1. The van der Waals surface area contributed by atoms with Gasteiger partial charge in [0.1, 0.15) is 11.9 Å². The third-order valence-corrected chi connectivity index (χ3v) is 5.47. The molecule has 0 saturated carbocycles. The molecule has 26 heavy (non-hydrogen) atoms. The molecular weight excluding hydrogens is 337 g/mol. The molecule has 7 heteroatoms. The predicted molar refractivity (Wildman–Crippen MR) is 91.1 cm³/mol. The van der Waals surface area contributed by atoms with E-state index in [1.165, 1.54) is 6.07 Å². The first-order chi connectivity index (χ1) is 12.5. The summed E-state index contributed by atoms with van der Waals surface area (Å²) in [7, 11) is 0. The fraction of sp³-hybridized carbons (Fsp3) is 0.526. The molecule has 1 spiro atoms. The second kappa shape index (κ2) is 6.46. The Morgan fingerprint density at radius 2 is 2.04 bits per heavy atom. The monoisotopic (exact) mass is 359 g/mol. The molecule has 0 radical (unpaired) electrons. The maximum Gasteiger partial charge on any atom is 0.257 e. The molecule has 2 saturated heterocycles. The Labute approximate surface area is 151 Å². The first-order valence-electron chi connectivity index (χ1n) is 9.00. The number of piperidine rings is 1. The van der Waals surface area contributed by atoms with E-state index in [4.69, 9.17) is 9.26 Å². The van der Waals surface area contributed by atoms with E-state index in [0.29, 0.717) is 30.4 Å². The van der Waals surface area contributed by atoms with E-state index in [9.17, 15) is 9.18 Å². The lowest BCUT2D eigenvalue weighted by molar-refractivity contribution is -0.0820. The Hall–Kier alpha value is -2.28. The van der Waals surface area contributed by atoms with Crippen molar-refractivity contribution in [2.75, 3.05) is 13.1 Å². The van der Waals surface area contributed by atoms with Gasteiger partial charge in [0.15, 0.2) is 5.82 Å². The van der Waals surface area contributed by atoms with Crippen molar-refractivity contribution in [2.45, 2.75) is 51.2 Å². The molecular formula is C19H22FN3O3. The molecule has 1 aromatic carbocycles. The number of hydrogen-bond acceptors (Lipinski definition) is 5. The van der Waals surface area contributed by atoms with Crippen molar-refractivity contribution < 1.29 is 18.4 Å². The summed E-state index contributed by atoms with van der Waals surface area (Å²) in [4.78, 5) is 18.7. The fourth-order valence-corrected chi connectivity index (χ4v) is 3.98. The Morgan fingerprint density at radius 3 is 2.69 bits per heavy atom. The van der Waals surface area contributed by atoms with Gasteiger partial charge in [-0.05, 0) is 51.2 Å². The second-order valence-electron chi connectivity index (χ2n) is 7.23. The minimum atomic E-state index is -0.459. The first-order valence-corrected chi connectivity index (χ1v) is 9.00. The highest BCUT2D eigenvalue weighted by Gasteiger charge is 2.45. The van der Waals surface area contributed by atoms with Gasteiger partial charge in [-0.25, -0.2) is 4.39 Å². The van der Waals surface area contributed by atoms with Gasteiger partial charge in [0.25, 0.3) is 11.8 Å². The average Bonchev–Trinajstić information content (AvgIpc) is 3.22. The molecule has 1 amide bonds. The highest BCUT2D eigenvalue weighted by molar-refractivity contribution is 5.96. The number of halogens is 1. The summed E-state index contributed by atoms with van der Waals surface area (Å²) in [5, 5.41) is 3.83. The van der Waals surface area contributed by atoms with E-state index in [-0.39, 0.29) is 23.2 Å². The van der Waals surface area contributed by atoms with Crippen LogP contribution in [0, 0.1) is 19.7 Å². The van der Waals surface area contributed by atoms with Crippen LogP contribution in [0.5, 0.6) is 0 Å². The Kier molecular flexibility index (Phi) is 4.26. The van der Waals surface area contributed by atoms with Crippen molar-refractivity contribution >= 4 is 5.91 Å². The van der Waals surface area contributed by atoms with Crippen molar-refractivity contribution in [1.82, 2.24) is 15.0 Å². The number of nitrogens with zero attached hydrogens (tertiary/aromatic N) is 3. The smallest absolute Gasteiger partial charge is 0.257 e. The minimum absolute atomic E-state index is 0.174. The Bertz CT molecular complexity index is 807. The van der Waals surface area contributed by atoms with Crippen molar-refractivity contribution in [2.24, 2.45) is 0 Å². The van der Waals surface area contributed by atoms with E-state index < -0.39 is 5.82 Å². The molecule has 3 heterocycles. The summed E-state index contributed by atoms with van der Waals surface area (Å²) < 4.78 is 25.6. The number of amides is 1. The summed E-state index contributed by atoms with van der Waals surface area (Å²) in [5.74, 6) is 0.432. The summed E-state index contributed by atoms with van der Waals surface area (Å²) in [6, 6.07) is 4.72. The highest BCUT2D eigenvalue weighted by Crippen LogP contribution is 2.44. The normalized spacial score (nSPS) is 22.1. The number of benzene rings is 1.